The zero-order chi connectivity index (χ0) is 19.3. The molecule has 0 radical (unpaired) electrons. The van der Waals surface area contributed by atoms with Crippen molar-refractivity contribution in [3.63, 3.8) is 0 Å². The minimum Gasteiger partial charge on any atom is -0.378 e. The first-order valence-electron chi connectivity index (χ1n) is 8.47. The molecule has 1 N–H and O–H groups in total. The lowest BCUT2D eigenvalue weighted by Gasteiger charge is -2.18. The van der Waals surface area contributed by atoms with E-state index in [9.17, 15) is 18.0 Å². The molecule has 0 unspecified atom stereocenters. The van der Waals surface area contributed by atoms with E-state index in [0.29, 0.717) is 12.1 Å². The third kappa shape index (κ3) is 5.25. The summed E-state index contributed by atoms with van der Waals surface area (Å²) < 4.78 is 39.9. The van der Waals surface area contributed by atoms with Crippen molar-refractivity contribution in [3.05, 3.63) is 59.2 Å². The molecule has 0 aromatic heterocycles. The van der Waals surface area contributed by atoms with Crippen molar-refractivity contribution in [2.75, 3.05) is 24.3 Å². The average molecular weight is 364 g/mol. The van der Waals surface area contributed by atoms with Crippen molar-refractivity contribution < 1.29 is 18.0 Å². The minimum atomic E-state index is -4.54. The van der Waals surface area contributed by atoms with E-state index in [-0.39, 0.29) is 12.1 Å². The topological polar surface area (TPSA) is 32.3 Å². The molecule has 3 nitrogen and oxygen atoms in total. The quantitative estimate of drug-likeness (QED) is 0.790. The Morgan fingerprint density at radius 2 is 1.65 bits per heavy atom. The third-order valence-corrected chi connectivity index (χ3v) is 4.17. The number of carbonyl (C=O) groups excluding carboxylic acids is 1. The van der Waals surface area contributed by atoms with Crippen molar-refractivity contribution in [3.8, 4) is 0 Å². The maximum absolute atomic E-state index is 13.3. The van der Waals surface area contributed by atoms with Crippen molar-refractivity contribution >= 4 is 17.3 Å². The molecule has 0 fully saturated rings. The molecule has 1 amide bonds. The van der Waals surface area contributed by atoms with E-state index < -0.39 is 17.6 Å². The molecule has 0 aliphatic rings. The minimum absolute atomic E-state index is 0.123. The van der Waals surface area contributed by atoms with Gasteiger partial charge in [0, 0.05) is 26.2 Å². The maximum Gasteiger partial charge on any atom is 0.418 e. The van der Waals surface area contributed by atoms with Gasteiger partial charge < -0.3 is 10.2 Å². The zero-order valence-corrected chi connectivity index (χ0v) is 15.2. The van der Waals surface area contributed by atoms with E-state index in [1.165, 1.54) is 11.6 Å². The molecule has 0 spiro atoms. The van der Waals surface area contributed by atoms with Crippen molar-refractivity contribution in [1.29, 1.82) is 0 Å². The molecular weight excluding hydrogens is 341 g/mol. The van der Waals surface area contributed by atoms with E-state index in [2.05, 4.69) is 12.2 Å². The second-order valence-electron chi connectivity index (χ2n) is 6.34. The van der Waals surface area contributed by atoms with E-state index in [4.69, 9.17) is 0 Å². The van der Waals surface area contributed by atoms with Gasteiger partial charge in [0.05, 0.1) is 11.3 Å². The highest BCUT2D eigenvalue weighted by molar-refractivity contribution is 5.92. The summed E-state index contributed by atoms with van der Waals surface area (Å²) in [7, 11) is 3.33. The van der Waals surface area contributed by atoms with Crippen LogP contribution in [0.4, 0.5) is 24.5 Å². The highest BCUT2D eigenvalue weighted by Crippen LogP contribution is 2.37. The molecular formula is C20H23F3N2O. The molecule has 0 bridgehead atoms. The molecule has 140 valence electrons. The average Bonchev–Trinajstić information content (AvgIpc) is 2.59. The van der Waals surface area contributed by atoms with Crippen LogP contribution in [0.2, 0.25) is 0 Å². The molecule has 0 aliphatic heterocycles. The van der Waals surface area contributed by atoms with Crippen LogP contribution >= 0.6 is 0 Å². The number of aryl methyl sites for hydroxylation is 2. The summed E-state index contributed by atoms with van der Waals surface area (Å²) in [5.74, 6) is -0.437. The Bertz CT molecular complexity index is 753. The maximum atomic E-state index is 13.3. The highest BCUT2D eigenvalue weighted by atomic mass is 19.4. The van der Waals surface area contributed by atoms with Crippen molar-refractivity contribution in [2.45, 2.75) is 32.4 Å². The summed E-state index contributed by atoms with van der Waals surface area (Å²) in [6.45, 7) is 2.06. The summed E-state index contributed by atoms with van der Waals surface area (Å²) in [6.07, 6.45) is -3.00. The molecule has 2 aromatic carbocycles. The fourth-order valence-electron chi connectivity index (χ4n) is 2.57. The zero-order valence-electron chi connectivity index (χ0n) is 15.2. The molecule has 6 heteroatoms. The Hall–Kier alpha value is -2.50. The number of benzene rings is 2. The Morgan fingerprint density at radius 1 is 1.04 bits per heavy atom. The number of nitrogens with zero attached hydrogens (tertiary/aromatic N) is 1. The van der Waals surface area contributed by atoms with Crippen LogP contribution in [0.5, 0.6) is 0 Å². The van der Waals surface area contributed by atoms with E-state index in [1.807, 2.05) is 24.3 Å². The second kappa shape index (κ2) is 8.25. The van der Waals surface area contributed by atoms with Crippen LogP contribution in [-0.2, 0) is 23.8 Å². The van der Waals surface area contributed by atoms with Crippen LogP contribution in [0.15, 0.2) is 42.5 Å². The molecule has 0 saturated carbocycles. The van der Waals surface area contributed by atoms with E-state index >= 15 is 0 Å². The fraction of sp³-hybridized carbons (Fsp3) is 0.350. The monoisotopic (exact) mass is 364 g/mol. The normalized spacial score (nSPS) is 11.3. The lowest BCUT2D eigenvalue weighted by atomic mass is 10.1. The lowest BCUT2D eigenvalue weighted by molar-refractivity contribution is -0.136. The van der Waals surface area contributed by atoms with Gasteiger partial charge in [-0.25, -0.2) is 0 Å². The van der Waals surface area contributed by atoms with E-state index in [0.717, 1.165) is 18.1 Å². The lowest BCUT2D eigenvalue weighted by Crippen LogP contribution is -2.18. The van der Waals surface area contributed by atoms with Gasteiger partial charge in [0.15, 0.2) is 0 Å². The summed E-state index contributed by atoms with van der Waals surface area (Å²) >= 11 is 0. The van der Waals surface area contributed by atoms with Gasteiger partial charge in [-0.2, -0.15) is 13.2 Å². The summed E-state index contributed by atoms with van der Waals surface area (Å²) in [5.41, 5.74) is 1.55. The number of hydrogen-bond acceptors (Lipinski definition) is 2. The molecule has 0 atom stereocenters. The first-order valence-corrected chi connectivity index (χ1v) is 8.47. The largest absolute Gasteiger partial charge is 0.418 e. The first-order chi connectivity index (χ1) is 12.2. The van der Waals surface area contributed by atoms with Gasteiger partial charge in [-0.05, 0) is 42.2 Å². The summed E-state index contributed by atoms with van der Waals surface area (Å²) in [6, 6.07) is 11.8. The summed E-state index contributed by atoms with van der Waals surface area (Å²) in [4.78, 5) is 13.7. The number of anilines is 2. The van der Waals surface area contributed by atoms with Gasteiger partial charge >= 0.3 is 6.18 Å². The Balaban J connectivity index is 2.07. The molecule has 0 aliphatic carbocycles. The third-order valence-electron chi connectivity index (χ3n) is 4.17. The van der Waals surface area contributed by atoms with Gasteiger partial charge in [-0.3, -0.25) is 4.79 Å². The van der Waals surface area contributed by atoms with Crippen LogP contribution in [0.3, 0.4) is 0 Å². The van der Waals surface area contributed by atoms with Gasteiger partial charge in [-0.15, -0.1) is 0 Å². The molecule has 2 rings (SSSR count). The molecule has 0 saturated heterocycles. The smallest absolute Gasteiger partial charge is 0.378 e. The number of amides is 1. The van der Waals surface area contributed by atoms with Gasteiger partial charge in [0.25, 0.3) is 0 Å². The van der Waals surface area contributed by atoms with Crippen LogP contribution in [0, 0.1) is 0 Å². The predicted octanol–water partition coefficient (Wildman–Crippen LogP) is 4.91. The predicted molar refractivity (Wildman–Crippen MR) is 98.5 cm³/mol. The van der Waals surface area contributed by atoms with Crippen LogP contribution in [-0.4, -0.2) is 20.0 Å². The molecule has 2 aromatic rings. The Labute approximate surface area is 151 Å². The fourth-order valence-corrected chi connectivity index (χ4v) is 2.57. The van der Waals surface area contributed by atoms with Crippen molar-refractivity contribution in [2.24, 2.45) is 0 Å². The SMILES string of the molecule is CCc1ccc(CCC(=O)Nc2ccc(N(C)C)cc2C(F)(F)F)cc1. The number of alkyl halides is 3. The molecule has 0 heterocycles. The Morgan fingerprint density at radius 3 is 2.19 bits per heavy atom. The van der Waals surface area contributed by atoms with Crippen LogP contribution in [0.25, 0.3) is 0 Å². The number of rotatable bonds is 6. The van der Waals surface area contributed by atoms with Crippen molar-refractivity contribution in [1.82, 2.24) is 0 Å². The molecule has 26 heavy (non-hydrogen) atoms. The second-order valence-corrected chi connectivity index (χ2v) is 6.34. The first kappa shape index (κ1) is 19.8. The van der Waals surface area contributed by atoms with E-state index in [1.54, 1.807) is 25.1 Å². The van der Waals surface area contributed by atoms with Crippen LogP contribution in [0.1, 0.15) is 30.0 Å². The standard InChI is InChI=1S/C20H23F3N2O/c1-4-14-5-7-15(8-6-14)9-12-19(26)24-18-11-10-16(25(2)3)13-17(18)20(21,22)23/h5-8,10-11,13H,4,9,12H2,1-3H3,(H,24,26). The number of nitrogens with one attached hydrogen (secondary N) is 1. The number of hydrogen-bond donors (Lipinski definition) is 1. The Kier molecular flexibility index (Phi) is 6.29. The number of halogens is 3. The highest BCUT2D eigenvalue weighted by Gasteiger charge is 2.34. The van der Waals surface area contributed by atoms with Gasteiger partial charge in [0.2, 0.25) is 5.91 Å². The van der Waals surface area contributed by atoms with Crippen LogP contribution < -0.4 is 10.2 Å². The van der Waals surface area contributed by atoms with Gasteiger partial charge in [-0.1, -0.05) is 31.2 Å². The number of carbonyl (C=O) groups is 1. The van der Waals surface area contributed by atoms with Gasteiger partial charge in [0.1, 0.15) is 0 Å². The summed E-state index contributed by atoms with van der Waals surface area (Å²) in [5, 5.41) is 2.40.